The standard InChI is InChI=1S/C14H9N3O.C2H5NO.C2H4O2.C2H6.CH5NO2S/c18-14-16-10-6-2-1-5-9(10)13-15-11-7-3-4-8-12(11)17(13)14;1-3-2-4;1-2(3)4;1-2;1-5(2,3)4/h1-8H,(H,16,18);2H,1H3,(H,3,4);1H3,(H,3,4);1-2H3;1H3,(H2,2,3,4). The monoisotopic (exact) mass is 479 g/mol. The normalized spacial score (nSPS) is 9.64. The molecule has 5 N–H and O–H groups in total. The highest BCUT2D eigenvalue weighted by atomic mass is 32.2. The number of aromatic nitrogens is 3. The average molecular weight is 480 g/mol. The fourth-order valence-electron chi connectivity index (χ4n) is 2.37. The number of nitrogens with one attached hydrogen (secondary N) is 2. The third-order valence-corrected chi connectivity index (χ3v) is 3.29. The third kappa shape index (κ3) is 10.4. The summed E-state index contributed by atoms with van der Waals surface area (Å²) in [5.74, 6) is -0.833. The maximum absolute atomic E-state index is 12.1. The van der Waals surface area contributed by atoms with Crippen molar-refractivity contribution in [2.24, 2.45) is 5.14 Å². The Hall–Kier alpha value is -3.77. The van der Waals surface area contributed by atoms with Crippen molar-refractivity contribution in [3.8, 4) is 0 Å². The molecule has 2 heterocycles. The van der Waals surface area contributed by atoms with E-state index in [0.29, 0.717) is 12.1 Å². The summed E-state index contributed by atoms with van der Waals surface area (Å²) < 4.78 is 20.4. The van der Waals surface area contributed by atoms with Crippen molar-refractivity contribution in [3.63, 3.8) is 0 Å². The van der Waals surface area contributed by atoms with Crippen LogP contribution in [0.3, 0.4) is 0 Å². The molecule has 0 atom stereocenters. The molecule has 4 aromatic rings. The number of rotatable bonds is 1. The molecule has 0 saturated heterocycles. The minimum absolute atomic E-state index is 0.155. The topological polar surface area (TPSA) is 177 Å². The maximum Gasteiger partial charge on any atom is 0.332 e. The number of carbonyl (C=O) groups excluding carboxylic acids is 1. The molecular weight excluding hydrogens is 450 g/mol. The van der Waals surface area contributed by atoms with Crippen molar-refractivity contribution >= 4 is 50.0 Å². The lowest BCUT2D eigenvalue weighted by Gasteiger charge is -1.99. The number of sulfonamides is 1. The summed E-state index contributed by atoms with van der Waals surface area (Å²) in [6.07, 6.45) is 1.56. The Morgan fingerprint density at radius 3 is 2.12 bits per heavy atom. The van der Waals surface area contributed by atoms with E-state index >= 15 is 0 Å². The zero-order valence-electron chi connectivity index (χ0n) is 19.1. The van der Waals surface area contributed by atoms with E-state index in [1.165, 1.54) is 0 Å². The number of benzene rings is 2. The molecule has 0 aliphatic rings. The molecule has 0 fully saturated rings. The number of imidazole rings is 1. The number of primary sulfonamides is 1. The quantitative estimate of drug-likeness (QED) is 0.300. The minimum Gasteiger partial charge on any atom is -0.481 e. The Morgan fingerprint density at radius 2 is 1.61 bits per heavy atom. The van der Waals surface area contributed by atoms with Crippen LogP contribution < -0.4 is 16.1 Å². The van der Waals surface area contributed by atoms with Crippen molar-refractivity contribution in [1.82, 2.24) is 19.7 Å². The molecule has 0 aliphatic carbocycles. The number of nitrogens with two attached hydrogens (primary N) is 1. The second-order valence-electron chi connectivity index (χ2n) is 5.99. The van der Waals surface area contributed by atoms with Gasteiger partial charge in [0.2, 0.25) is 16.4 Å². The average Bonchev–Trinajstić information content (AvgIpc) is 3.14. The van der Waals surface area contributed by atoms with Crippen LogP contribution in [0, 0.1) is 0 Å². The van der Waals surface area contributed by atoms with E-state index in [0.717, 1.165) is 35.1 Å². The number of hydrogen-bond donors (Lipinski definition) is 4. The predicted molar refractivity (Wildman–Crippen MR) is 130 cm³/mol. The molecule has 0 spiro atoms. The third-order valence-electron chi connectivity index (χ3n) is 3.29. The van der Waals surface area contributed by atoms with Crippen LogP contribution >= 0.6 is 0 Å². The summed E-state index contributed by atoms with van der Waals surface area (Å²) in [6, 6.07) is 15.3. The van der Waals surface area contributed by atoms with E-state index in [4.69, 9.17) is 14.7 Å². The van der Waals surface area contributed by atoms with E-state index in [1.807, 2.05) is 62.4 Å². The van der Waals surface area contributed by atoms with E-state index in [1.54, 1.807) is 11.4 Å². The van der Waals surface area contributed by atoms with Crippen LogP contribution in [0.25, 0.3) is 27.6 Å². The molecule has 1 amide bonds. The molecule has 11 nitrogen and oxygen atoms in total. The molecule has 4 rings (SSSR count). The number of carboxylic acid groups (broad SMARTS) is 1. The van der Waals surface area contributed by atoms with Gasteiger partial charge >= 0.3 is 5.69 Å². The van der Waals surface area contributed by atoms with Crippen LogP contribution in [-0.4, -0.2) is 53.6 Å². The van der Waals surface area contributed by atoms with Crippen molar-refractivity contribution in [2.45, 2.75) is 20.8 Å². The van der Waals surface area contributed by atoms with E-state index < -0.39 is 16.0 Å². The first-order valence-corrected chi connectivity index (χ1v) is 11.6. The van der Waals surface area contributed by atoms with Crippen molar-refractivity contribution in [1.29, 1.82) is 0 Å². The van der Waals surface area contributed by atoms with E-state index in [2.05, 4.69) is 20.4 Å². The van der Waals surface area contributed by atoms with Gasteiger partial charge in [0.15, 0.2) is 5.65 Å². The number of nitrogens with zero attached hydrogens (tertiary/aromatic N) is 2. The Morgan fingerprint density at radius 1 is 1.15 bits per heavy atom. The predicted octanol–water partition coefficient (Wildman–Crippen LogP) is 1.71. The van der Waals surface area contributed by atoms with Crippen LogP contribution in [0.4, 0.5) is 0 Å². The number of aromatic amines is 1. The number of aliphatic carboxylic acids is 1. The fraction of sp³-hybridized carbons (Fsp3) is 0.238. The largest absolute Gasteiger partial charge is 0.481 e. The fourth-order valence-corrected chi connectivity index (χ4v) is 2.37. The molecule has 2 aromatic carbocycles. The van der Waals surface area contributed by atoms with Gasteiger partial charge in [0.25, 0.3) is 5.97 Å². The molecule has 12 heteroatoms. The molecule has 0 aliphatic heterocycles. The molecule has 0 radical (unpaired) electrons. The van der Waals surface area contributed by atoms with Gasteiger partial charge in [-0.3, -0.25) is 9.59 Å². The number of amides is 1. The number of carbonyl (C=O) groups is 2. The summed E-state index contributed by atoms with van der Waals surface area (Å²) in [7, 11) is -1.60. The highest BCUT2D eigenvalue weighted by molar-refractivity contribution is 7.88. The lowest BCUT2D eigenvalue weighted by Crippen LogP contribution is -2.15. The Labute approximate surface area is 191 Å². The highest BCUT2D eigenvalue weighted by Crippen LogP contribution is 2.20. The summed E-state index contributed by atoms with van der Waals surface area (Å²) in [6.45, 7) is 5.08. The lowest BCUT2D eigenvalue weighted by atomic mass is 10.2. The van der Waals surface area contributed by atoms with Gasteiger partial charge in [-0.05, 0) is 24.3 Å². The minimum atomic E-state index is -3.17. The van der Waals surface area contributed by atoms with Gasteiger partial charge in [-0.1, -0.05) is 38.1 Å². The number of hydrogen-bond acceptors (Lipinski definition) is 6. The Balaban J connectivity index is 0.000000570. The first-order chi connectivity index (χ1) is 15.5. The zero-order chi connectivity index (χ0) is 25.6. The Bertz CT molecular complexity index is 1330. The first kappa shape index (κ1) is 29.2. The molecule has 0 bridgehead atoms. The second kappa shape index (κ2) is 14.3. The lowest BCUT2D eigenvalue weighted by molar-refractivity contribution is -0.134. The van der Waals surface area contributed by atoms with Crippen LogP contribution in [0.1, 0.15) is 20.8 Å². The summed E-state index contributed by atoms with van der Waals surface area (Å²) in [4.78, 5) is 37.6. The highest BCUT2D eigenvalue weighted by Gasteiger charge is 2.09. The van der Waals surface area contributed by atoms with Gasteiger partial charge < -0.3 is 15.4 Å². The van der Waals surface area contributed by atoms with Crippen LogP contribution in [0.15, 0.2) is 53.3 Å². The van der Waals surface area contributed by atoms with E-state index in [9.17, 15) is 13.2 Å². The van der Waals surface area contributed by atoms with Crippen LogP contribution in [-0.2, 0) is 19.6 Å². The van der Waals surface area contributed by atoms with E-state index in [-0.39, 0.29) is 5.69 Å². The molecule has 0 unspecified atom stereocenters. The molecule has 180 valence electrons. The van der Waals surface area contributed by atoms with Gasteiger partial charge in [-0.15, -0.1) is 0 Å². The number of para-hydroxylation sites is 3. The molecule has 33 heavy (non-hydrogen) atoms. The smallest absolute Gasteiger partial charge is 0.332 e. The van der Waals surface area contributed by atoms with Gasteiger partial charge in [0, 0.05) is 19.4 Å². The SMILES string of the molecule is CC.CC(=O)O.CNC=O.CS(N)(=O)=O.O=c1[nH]c2ccccc2c2nc3ccccc3n12. The van der Waals surface area contributed by atoms with Crippen molar-refractivity contribution < 1.29 is 23.1 Å². The summed E-state index contributed by atoms with van der Waals surface area (Å²) in [5, 5.41) is 14.9. The van der Waals surface area contributed by atoms with Crippen molar-refractivity contribution in [2.75, 3.05) is 13.3 Å². The summed E-state index contributed by atoms with van der Waals surface area (Å²) >= 11 is 0. The van der Waals surface area contributed by atoms with Crippen LogP contribution in [0.5, 0.6) is 0 Å². The number of fused-ring (bicyclic) bond motifs is 5. The second-order valence-corrected chi connectivity index (χ2v) is 7.65. The van der Waals surface area contributed by atoms with Crippen LogP contribution in [0.2, 0.25) is 0 Å². The van der Waals surface area contributed by atoms with Gasteiger partial charge in [-0.2, -0.15) is 0 Å². The first-order valence-electron chi connectivity index (χ1n) is 9.66. The Kier molecular flexibility index (Phi) is 12.7. The van der Waals surface area contributed by atoms with Gasteiger partial charge in [0.05, 0.1) is 22.8 Å². The summed E-state index contributed by atoms with van der Waals surface area (Å²) in [5.41, 5.74) is 3.03. The van der Waals surface area contributed by atoms with Gasteiger partial charge in [0.1, 0.15) is 0 Å². The maximum atomic E-state index is 12.1. The molecule has 2 aromatic heterocycles. The van der Waals surface area contributed by atoms with Crippen molar-refractivity contribution in [3.05, 3.63) is 59.0 Å². The molecule has 0 saturated carbocycles. The molecular formula is C21H29N5O6S. The van der Waals surface area contributed by atoms with Gasteiger partial charge in [-0.25, -0.2) is 27.7 Å². The zero-order valence-corrected chi connectivity index (χ0v) is 19.9. The number of H-pyrrole nitrogens is 1. The number of carboxylic acids is 1.